The van der Waals surface area contributed by atoms with Gasteiger partial charge in [-0.2, -0.15) is 0 Å². The summed E-state index contributed by atoms with van der Waals surface area (Å²) in [6, 6.07) is 23.9. The van der Waals surface area contributed by atoms with Crippen LogP contribution in [0.15, 0.2) is 66.7 Å². The van der Waals surface area contributed by atoms with Crippen LogP contribution < -0.4 is 0 Å². The maximum absolute atomic E-state index is 3.30. The first-order valence-electron chi connectivity index (χ1n) is 9.50. The van der Waals surface area contributed by atoms with Gasteiger partial charge in [-0.05, 0) is 71.8 Å². The second-order valence-electron chi connectivity index (χ2n) is 6.78. The Kier molecular flexibility index (Phi) is 5.92. The summed E-state index contributed by atoms with van der Waals surface area (Å²) >= 11 is 0. The van der Waals surface area contributed by atoms with Crippen molar-refractivity contribution in [3.63, 3.8) is 0 Å². The summed E-state index contributed by atoms with van der Waals surface area (Å²) in [5.41, 5.74) is 8.70. The second kappa shape index (κ2) is 8.54. The molecule has 0 aliphatic heterocycles. The highest BCUT2D eigenvalue weighted by atomic mass is 14.1. The van der Waals surface area contributed by atoms with Crippen LogP contribution in [0.2, 0.25) is 0 Å². The molecule has 0 spiro atoms. The molecule has 0 fully saturated rings. The summed E-state index contributed by atoms with van der Waals surface area (Å²) in [6.45, 7) is 6.55. The van der Waals surface area contributed by atoms with Crippen molar-refractivity contribution in [1.82, 2.24) is 0 Å². The minimum Gasteiger partial charge on any atom is -0.0651 e. The quantitative estimate of drug-likeness (QED) is 0.472. The van der Waals surface area contributed by atoms with E-state index < -0.39 is 0 Å². The molecule has 0 aromatic heterocycles. The van der Waals surface area contributed by atoms with Crippen molar-refractivity contribution in [1.29, 1.82) is 0 Å². The summed E-state index contributed by atoms with van der Waals surface area (Å²) in [5, 5.41) is 0. The first-order valence-corrected chi connectivity index (χ1v) is 9.50. The molecular weight excluding hydrogens is 312 g/mol. The van der Waals surface area contributed by atoms with Crippen LogP contribution in [0.3, 0.4) is 0 Å². The highest BCUT2D eigenvalue weighted by Crippen LogP contribution is 2.24. The summed E-state index contributed by atoms with van der Waals surface area (Å²) in [7, 11) is 0. The van der Waals surface area contributed by atoms with Gasteiger partial charge < -0.3 is 0 Å². The Morgan fingerprint density at radius 2 is 1.31 bits per heavy atom. The molecule has 0 bridgehead atoms. The van der Waals surface area contributed by atoms with Crippen molar-refractivity contribution in [2.75, 3.05) is 0 Å². The van der Waals surface area contributed by atoms with Gasteiger partial charge in [0.1, 0.15) is 0 Å². The van der Waals surface area contributed by atoms with Crippen LogP contribution in [0.1, 0.15) is 48.1 Å². The Morgan fingerprint density at radius 1 is 0.692 bits per heavy atom. The fourth-order valence-corrected chi connectivity index (χ4v) is 3.17. The standard InChI is InChI=1S/C26H26/c1-4-6-22-7-9-23(10-8-22)11-12-24-15-18-26(20(3)19-24)25-16-13-21(5-2)14-17-25/h7-10,13-19H,4-6H2,1-3H3. The first kappa shape index (κ1) is 18.0. The third-order valence-corrected chi connectivity index (χ3v) is 4.74. The van der Waals surface area contributed by atoms with Crippen LogP contribution in [-0.4, -0.2) is 0 Å². The fourth-order valence-electron chi connectivity index (χ4n) is 3.17. The molecule has 3 rings (SSSR count). The SMILES string of the molecule is CCCc1ccc(C#Cc2ccc(-c3ccc(CC)cc3)c(C)c2)cc1. The smallest absolute Gasteiger partial charge is 0.0252 e. The van der Waals surface area contributed by atoms with E-state index in [1.807, 2.05) is 0 Å². The van der Waals surface area contributed by atoms with Crippen molar-refractivity contribution >= 4 is 0 Å². The van der Waals surface area contributed by atoms with Crippen LogP contribution >= 0.6 is 0 Å². The monoisotopic (exact) mass is 338 g/mol. The van der Waals surface area contributed by atoms with Crippen LogP contribution in [0.4, 0.5) is 0 Å². The van der Waals surface area contributed by atoms with Crippen molar-refractivity contribution in [3.05, 3.63) is 94.5 Å². The predicted molar refractivity (Wildman–Crippen MR) is 112 cm³/mol. The zero-order valence-corrected chi connectivity index (χ0v) is 16.0. The number of aryl methyl sites for hydroxylation is 3. The molecule has 0 aliphatic rings. The molecular formula is C26H26. The minimum absolute atomic E-state index is 1.06. The number of benzene rings is 3. The van der Waals surface area contributed by atoms with Crippen LogP contribution in [0.5, 0.6) is 0 Å². The van der Waals surface area contributed by atoms with Gasteiger partial charge in [0.25, 0.3) is 0 Å². The van der Waals surface area contributed by atoms with Gasteiger partial charge in [0.2, 0.25) is 0 Å². The largest absolute Gasteiger partial charge is 0.0651 e. The van der Waals surface area contributed by atoms with E-state index in [1.54, 1.807) is 0 Å². The number of hydrogen-bond acceptors (Lipinski definition) is 0. The molecule has 0 nitrogen and oxygen atoms in total. The average molecular weight is 338 g/mol. The lowest BCUT2D eigenvalue weighted by molar-refractivity contribution is 0.922. The fraction of sp³-hybridized carbons (Fsp3) is 0.231. The maximum atomic E-state index is 3.30. The average Bonchev–Trinajstić information content (AvgIpc) is 2.68. The van der Waals surface area contributed by atoms with Gasteiger partial charge in [0, 0.05) is 11.1 Å². The van der Waals surface area contributed by atoms with E-state index in [1.165, 1.54) is 34.2 Å². The molecule has 0 atom stereocenters. The summed E-state index contributed by atoms with van der Waals surface area (Å²) in [6.07, 6.45) is 3.39. The Morgan fingerprint density at radius 3 is 1.92 bits per heavy atom. The minimum atomic E-state index is 1.06. The molecule has 3 aromatic carbocycles. The predicted octanol–water partition coefficient (Wildman–Crippen LogP) is 6.58. The third kappa shape index (κ3) is 4.44. The molecule has 0 heterocycles. The van der Waals surface area contributed by atoms with E-state index in [9.17, 15) is 0 Å². The van der Waals surface area contributed by atoms with Gasteiger partial charge in [-0.3, -0.25) is 0 Å². The zero-order chi connectivity index (χ0) is 18.4. The van der Waals surface area contributed by atoms with Crippen molar-refractivity contribution in [2.45, 2.75) is 40.0 Å². The molecule has 0 unspecified atom stereocenters. The molecule has 3 aromatic rings. The van der Waals surface area contributed by atoms with Crippen molar-refractivity contribution < 1.29 is 0 Å². The van der Waals surface area contributed by atoms with Gasteiger partial charge in [-0.1, -0.05) is 74.6 Å². The highest BCUT2D eigenvalue weighted by molar-refractivity contribution is 5.68. The molecule has 0 heteroatoms. The Hall–Kier alpha value is -2.78. The highest BCUT2D eigenvalue weighted by Gasteiger charge is 2.02. The summed E-state index contributed by atoms with van der Waals surface area (Å²) < 4.78 is 0. The number of hydrogen-bond donors (Lipinski definition) is 0. The van der Waals surface area contributed by atoms with Gasteiger partial charge in [0.05, 0.1) is 0 Å². The van der Waals surface area contributed by atoms with Gasteiger partial charge in [-0.25, -0.2) is 0 Å². The lowest BCUT2D eigenvalue weighted by atomic mass is 9.97. The van der Waals surface area contributed by atoms with Crippen LogP contribution in [0.25, 0.3) is 11.1 Å². The normalized spacial score (nSPS) is 10.3. The van der Waals surface area contributed by atoms with E-state index in [0.717, 1.165) is 24.0 Å². The molecule has 0 aliphatic carbocycles. The van der Waals surface area contributed by atoms with Crippen LogP contribution in [0, 0.1) is 18.8 Å². The first-order chi connectivity index (χ1) is 12.7. The van der Waals surface area contributed by atoms with Crippen molar-refractivity contribution in [3.8, 4) is 23.0 Å². The van der Waals surface area contributed by atoms with Gasteiger partial charge in [0.15, 0.2) is 0 Å². The zero-order valence-electron chi connectivity index (χ0n) is 16.0. The van der Waals surface area contributed by atoms with Crippen LogP contribution in [-0.2, 0) is 12.8 Å². The molecule has 0 amide bonds. The van der Waals surface area contributed by atoms with E-state index in [4.69, 9.17) is 0 Å². The Balaban J connectivity index is 1.79. The van der Waals surface area contributed by atoms with Crippen molar-refractivity contribution in [2.24, 2.45) is 0 Å². The second-order valence-corrected chi connectivity index (χ2v) is 6.78. The van der Waals surface area contributed by atoms with Gasteiger partial charge >= 0.3 is 0 Å². The molecule has 0 N–H and O–H groups in total. The van der Waals surface area contributed by atoms with E-state index >= 15 is 0 Å². The molecule has 0 saturated heterocycles. The molecule has 0 saturated carbocycles. The number of rotatable bonds is 4. The summed E-state index contributed by atoms with van der Waals surface area (Å²) in [5.74, 6) is 6.58. The Bertz CT molecular complexity index is 917. The topological polar surface area (TPSA) is 0 Å². The van der Waals surface area contributed by atoms with E-state index in [0.29, 0.717) is 0 Å². The molecule has 0 radical (unpaired) electrons. The molecule has 130 valence electrons. The Labute approximate surface area is 157 Å². The van der Waals surface area contributed by atoms with Gasteiger partial charge in [-0.15, -0.1) is 0 Å². The summed E-state index contributed by atoms with van der Waals surface area (Å²) in [4.78, 5) is 0. The maximum Gasteiger partial charge on any atom is 0.0252 e. The van der Waals surface area contributed by atoms with E-state index in [2.05, 4.69) is 99.3 Å². The van der Waals surface area contributed by atoms with E-state index in [-0.39, 0.29) is 0 Å². The third-order valence-electron chi connectivity index (χ3n) is 4.74. The molecule has 26 heavy (non-hydrogen) atoms. The lowest BCUT2D eigenvalue weighted by Crippen LogP contribution is -1.87. The lowest BCUT2D eigenvalue weighted by Gasteiger charge is -2.07.